The van der Waals surface area contributed by atoms with E-state index in [2.05, 4.69) is 9.71 Å². The van der Waals surface area contributed by atoms with Gasteiger partial charge in [-0.2, -0.15) is 4.72 Å². The Morgan fingerprint density at radius 2 is 1.97 bits per heavy atom. The molecule has 3 rings (SSSR count). The van der Waals surface area contributed by atoms with Gasteiger partial charge in [-0.05, 0) is 48.9 Å². The van der Waals surface area contributed by atoms with Gasteiger partial charge >= 0.3 is 5.97 Å². The average Bonchev–Trinajstić information content (AvgIpc) is 3.12. The average molecular weight is 417 g/mol. The number of esters is 1. The summed E-state index contributed by atoms with van der Waals surface area (Å²) < 4.78 is 48.8. The van der Waals surface area contributed by atoms with Crippen molar-refractivity contribution in [3.8, 4) is 0 Å². The second-order valence-corrected chi connectivity index (χ2v) is 7.96. The van der Waals surface area contributed by atoms with Crippen LogP contribution in [0.4, 0.5) is 4.39 Å². The quantitative estimate of drug-likeness (QED) is 0.597. The van der Waals surface area contributed by atoms with Gasteiger partial charge in [-0.15, -0.1) is 0 Å². The molecule has 0 fully saturated rings. The molecule has 0 aliphatic rings. The number of benzene rings is 2. The number of aryl methyl sites for hydroxylation is 1. The molecule has 0 spiro atoms. The Morgan fingerprint density at radius 1 is 1.24 bits per heavy atom. The van der Waals surface area contributed by atoms with Gasteiger partial charge in [0.15, 0.2) is 0 Å². The largest absolute Gasteiger partial charge is 0.462 e. The summed E-state index contributed by atoms with van der Waals surface area (Å²) >= 11 is 0. The van der Waals surface area contributed by atoms with E-state index in [1.165, 1.54) is 48.7 Å². The minimum absolute atomic E-state index is 0.0406. The Morgan fingerprint density at radius 3 is 2.55 bits per heavy atom. The molecule has 7 nitrogen and oxygen atoms in total. The Hall–Kier alpha value is -3.04. The molecular weight excluding hydrogens is 397 g/mol. The van der Waals surface area contributed by atoms with Crippen molar-refractivity contribution in [2.75, 3.05) is 6.61 Å². The number of rotatable bonds is 7. The van der Waals surface area contributed by atoms with Gasteiger partial charge in [0.05, 0.1) is 17.1 Å². The molecule has 0 aliphatic carbocycles. The molecule has 152 valence electrons. The van der Waals surface area contributed by atoms with Crippen LogP contribution in [0.25, 0.3) is 0 Å². The molecule has 0 radical (unpaired) electrons. The zero-order chi connectivity index (χ0) is 21.0. The predicted octanol–water partition coefficient (Wildman–Crippen LogP) is 2.80. The maximum absolute atomic E-state index is 13.8. The Bertz CT molecular complexity index is 1110. The van der Waals surface area contributed by atoms with Gasteiger partial charge in [-0.25, -0.2) is 22.6 Å². The number of sulfonamides is 1. The lowest BCUT2D eigenvalue weighted by atomic mass is 10.1. The number of carbonyl (C=O) groups is 1. The van der Waals surface area contributed by atoms with Crippen molar-refractivity contribution in [3.05, 3.63) is 83.7 Å². The number of aromatic nitrogens is 2. The molecule has 3 aromatic rings. The van der Waals surface area contributed by atoms with E-state index in [0.717, 1.165) is 0 Å². The van der Waals surface area contributed by atoms with E-state index in [9.17, 15) is 17.6 Å². The first-order chi connectivity index (χ1) is 13.8. The summed E-state index contributed by atoms with van der Waals surface area (Å²) in [6.07, 6.45) is 3.20. The van der Waals surface area contributed by atoms with Crippen molar-refractivity contribution in [3.63, 3.8) is 0 Å². The fourth-order valence-corrected chi connectivity index (χ4v) is 4.00. The molecule has 1 N–H and O–H groups in total. The molecular formula is C20H20FN3O4S. The lowest BCUT2D eigenvalue weighted by Crippen LogP contribution is -2.31. The summed E-state index contributed by atoms with van der Waals surface area (Å²) in [5.74, 6) is -0.614. The van der Waals surface area contributed by atoms with Crippen LogP contribution in [-0.2, 0) is 21.8 Å². The van der Waals surface area contributed by atoms with Crippen molar-refractivity contribution < 1.29 is 22.3 Å². The monoisotopic (exact) mass is 417 g/mol. The first-order valence-electron chi connectivity index (χ1n) is 8.84. The van der Waals surface area contributed by atoms with Crippen LogP contribution in [0.5, 0.6) is 0 Å². The maximum atomic E-state index is 13.8. The summed E-state index contributed by atoms with van der Waals surface area (Å²) in [5, 5.41) is 0. The van der Waals surface area contributed by atoms with Crippen LogP contribution in [0, 0.1) is 5.82 Å². The zero-order valence-corrected chi connectivity index (χ0v) is 16.7. The summed E-state index contributed by atoms with van der Waals surface area (Å²) in [4.78, 5) is 15.9. The minimum Gasteiger partial charge on any atom is -0.462 e. The number of nitrogens with zero attached hydrogens (tertiary/aromatic N) is 2. The highest BCUT2D eigenvalue weighted by Crippen LogP contribution is 2.24. The first-order valence-corrected chi connectivity index (χ1v) is 10.3. The van der Waals surface area contributed by atoms with E-state index in [-0.39, 0.29) is 17.1 Å². The van der Waals surface area contributed by atoms with Crippen LogP contribution in [0.3, 0.4) is 0 Å². The van der Waals surface area contributed by atoms with Gasteiger partial charge in [0, 0.05) is 19.4 Å². The number of ether oxygens (including phenoxy) is 1. The van der Waals surface area contributed by atoms with Crippen LogP contribution in [-0.4, -0.2) is 30.5 Å². The third kappa shape index (κ3) is 4.69. The Kier molecular flexibility index (Phi) is 6.09. The molecule has 29 heavy (non-hydrogen) atoms. The van der Waals surface area contributed by atoms with E-state index in [1.807, 2.05) is 0 Å². The topological polar surface area (TPSA) is 90.3 Å². The fourth-order valence-electron chi connectivity index (χ4n) is 2.82. The van der Waals surface area contributed by atoms with Gasteiger partial charge < -0.3 is 9.30 Å². The van der Waals surface area contributed by atoms with Gasteiger partial charge in [0.2, 0.25) is 10.0 Å². The van der Waals surface area contributed by atoms with Gasteiger partial charge in [-0.1, -0.05) is 12.1 Å². The highest BCUT2D eigenvalue weighted by atomic mass is 32.2. The standard InChI is InChI=1S/C20H20FN3O4S/c1-3-28-20(25)14-7-9-17(10-8-14)29(26,27)23-18(19-22-11-12-24(19)2)15-5-4-6-16(21)13-15/h4-13,18,23H,3H2,1-2H3. The van der Waals surface area contributed by atoms with Crippen LogP contribution >= 0.6 is 0 Å². The summed E-state index contributed by atoms with van der Waals surface area (Å²) in [6, 6.07) is 10.1. The second kappa shape index (κ2) is 8.54. The molecule has 1 unspecified atom stereocenters. The molecule has 0 saturated heterocycles. The second-order valence-electron chi connectivity index (χ2n) is 6.25. The summed E-state index contributed by atoms with van der Waals surface area (Å²) in [5.41, 5.74) is 0.655. The molecule has 0 saturated carbocycles. The first kappa shape index (κ1) is 20.7. The van der Waals surface area contributed by atoms with E-state index in [4.69, 9.17) is 4.74 Å². The lowest BCUT2D eigenvalue weighted by Gasteiger charge is -2.19. The molecule has 0 amide bonds. The number of nitrogens with one attached hydrogen (secondary N) is 1. The normalized spacial score (nSPS) is 12.5. The number of hydrogen-bond acceptors (Lipinski definition) is 5. The summed E-state index contributed by atoms with van der Waals surface area (Å²) in [6.45, 7) is 1.91. The number of imidazole rings is 1. The highest BCUT2D eigenvalue weighted by Gasteiger charge is 2.26. The van der Waals surface area contributed by atoms with Crippen LogP contribution in [0.1, 0.15) is 34.7 Å². The smallest absolute Gasteiger partial charge is 0.338 e. The minimum atomic E-state index is -4.00. The molecule has 1 heterocycles. The lowest BCUT2D eigenvalue weighted by molar-refractivity contribution is 0.0526. The number of halogens is 1. The molecule has 1 aromatic heterocycles. The van der Waals surface area contributed by atoms with Gasteiger partial charge in [0.25, 0.3) is 0 Å². The van der Waals surface area contributed by atoms with E-state index in [1.54, 1.807) is 30.8 Å². The number of carbonyl (C=O) groups excluding carboxylic acids is 1. The van der Waals surface area contributed by atoms with Crippen molar-refractivity contribution in [2.45, 2.75) is 17.9 Å². The molecule has 9 heteroatoms. The van der Waals surface area contributed by atoms with Gasteiger partial charge in [0.1, 0.15) is 17.7 Å². The Balaban J connectivity index is 1.94. The molecule has 2 aromatic carbocycles. The highest BCUT2D eigenvalue weighted by molar-refractivity contribution is 7.89. The SMILES string of the molecule is CCOC(=O)c1ccc(S(=O)(=O)NC(c2cccc(F)c2)c2nccn2C)cc1. The molecule has 1 atom stereocenters. The van der Waals surface area contributed by atoms with Gasteiger partial charge in [-0.3, -0.25) is 0 Å². The van der Waals surface area contributed by atoms with Crippen LogP contribution < -0.4 is 4.72 Å². The molecule has 0 aliphatic heterocycles. The summed E-state index contributed by atoms with van der Waals surface area (Å²) in [7, 11) is -2.28. The van der Waals surface area contributed by atoms with Crippen molar-refractivity contribution >= 4 is 16.0 Å². The van der Waals surface area contributed by atoms with E-state index >= 15 is 0 Å². The zero-order valence-electron chi connectivity index (χ0n) is 15.9. The van der Waals surface area contributed by atoms with E-state index in [0.29, 0.717) is 11.4 Å². The third-order valence-corrected chi connectivity index (χ3v) is 5.69. The maximum Gasteiger partial charge on any atom is 0.338 e. The predicted molar refractivity (Wildman–Crippen MR) is 104 cm³/mol. The van der Waals surface area contributed by atoms with Crippen molar-refractivity contribution in [1.82, 2.24) is 14.3 Å². The van der Waals surface area contributed by atoms with Crippen LogP contribution in [0.2, 0.25) is 0 Å². The van der Waals surface area contributed by atoms with Crippen molar-refractivity contribution in [1.29, 1.82) is 0 Å². The molecule has 0 bridgehead atoms. The van der Waals surface area contributed by atoms with E-state index < -0.39 is 27.9 Å². The van der Waals surface area contributed by atoms with Crippen LogP contribution in [0.15, 0.2) is 65.8 Å². The number of hydrogen-bond donors (Lipinski definition) is 1. The Labute approximate surface area is 168 Å². The third-order valence-electron chi connectivity index (χ3n) is 4.25. The fraction of sp³-hybridized carbons (Fsp3) is 0.200. The van der Waals surface area contributed by atoms with Crippen molar-refractivity contribution in [2.24, 2.45) is 7.05 Å².